The number of methoxy groups -OCH3 is 1. The first-order valence-electron chi connectivity index (χ1n) is 12.6. The summed E-state index contributed by atoms with van der Waals surface area (Å²) in [5.74, 6) is 0.868. The average Bonchev–Trinajstić information content (AvgIpc) is 2.90. The summed E-state index contributed by atoms with van der Waals surface area (Å²) in [6.07, 6.45) is 1.10. The van der Waals surface area contributed by atoms with Crippen molar-refractivity contribution in [3.05, 3.63) is 58.6 Å². The van der Waals surface area contributed by atoms with Crippen molar-refractivity contribution in [2.75, 3.05) is 46.6 Å². The first kappa shape index (κ1) is 27.8. The van der Waals surface area contributed by atoms with E-state index in [9.17, 15) is 14.7 Å². The Kier molecular flexibility index (Phi) is 9.94. The summed E-state index contributed by atoms with van der Waals surface area (Å²) in [5, 5.41) is 17.9. The lowest BCUT2D eigenvalue weighted by Gasteiger charge is -2.40. The second-order valence-electron chi connectivity index (χ2n) is 9.28. The predicted molar refractivity (Wildman–Crippen MR) is 143 cm³/mol. The summed E-state index contributed by atoms with van der Waals surface area (Å²) >= 11 is 6.33. The topological polar surface area (TPSA) is 122 Å². The fraction of sp³-hybridized carbons (Fsp3) is 0.444. The van der Waals surface area contributed by atoms with E-state index in [-0.39, 0.29) is 31.1 Å². The number of amides is 2. The van der Waals surface area contributed by atoms with Gasteiger partial charge in [-0.3, -0.25) is 9.59 Å². The Morgan fingerprint density at radius 3 is 2.68 bits per heavy atom. The number of hydrogen-bond donors (Lipinski definition) is 3. The zero-order valence-electron chi connectivity index (χ0n) is 21.3. The Morgan fingerprint density at radius 1 is 1.21 bits per heavy atom. The minimum absolute atomic E-state index is 0.105. The smallest absolute Gasteiger partial charge is 0.260 e. The quantitative estimate of drug-likeness (QED) is 0.351. The zero-order valence-corrected chi connectivity index (χ0v) is 22.1. The summed E-state index contributed by atoms with van der Waals surface area (Å²) in [6, 6.07) is 13.1. The van der Waals surface area contributed by atoms with Crippen LogP contribution in [0.25, 0.3) is 0 Å². The van der Waals surface area contributed by atoms with E-state index >= 15 is 0 Å². The standard InChI is InChI=1S/C27H33ClN4O6/c1-36-11-10-18-2-5-22(6-3-18)37-16-21(33)13-29-20-14-32(15-20)27(35)17-38-25-8-4-19(12-23(25)28)24-7-9-26(34)31-30-24/h2-6,8,12,20-21,29,33H,7,9-11,13-17H2,1H3,(H,31,34)/t21-/m0/s1. The molecular weight excluding hydrogens is 512 g/mol. The molecule has 4 rings (SSSR count). The maximum Gasteiger partial charge on any atom is 0.260 e. The van der Waals surface area contributed by atoms with E-state index < -0.39 is 6.10 Å². The maximum absolute atomic E-state index is 12.5. The van der Waals surface area contributed by atoms with Gasteiger partial charge in [0, 0.05) is 45.6 Å². The molecule has 0 bridgehead atoms. The molecule has 2 aromatic carbocycles. The lowest BCUT2D eigenvalue weighted by atomic mass is 10.0. The number of carbonyl (C=O) groups excluding carboxylic acids is 2. The molecule has 1 fully saturated rings. The molecule has 0 saturated carbocycles. The molecule has 0 aliphatic carbocycles. The molecule has 2 aliphatic rings. The van der Waals surface area contributed by atoms with E-state index in [1.54, 1.807) is 30.2 Å². The van der Waals surface area contributed by atoms with Crippen LogP contribution in [0.1, 0.15) is 24.0 Å². The van der Waals surface area contributed by atoms with E-state index in [0.29, 0.717) is 55.6 Å². The lowest BCUT2D eigenvalue weighted by Crippen LogP contribution is -2.61. The fourth-order valence-electron chi connectivity index (χ4n) is 4.05. The van der Waals surface area contributed by atoms with Gasteiger partial charge in [0.15, 0.2) is 6.61 Å². The number of carbonyl (C=O) groups is 2. The Bertz CT molecular complexity index is 1140. The lowest BCUT2D eigenvalue weighted by molar-refractivity contribution is -0.138. The van der Waals surface area contributed by atoms with Crippen LogP contribution in [0.2, 0.25) is 5.02 Å². The predicted octanol–water partition coefficient (Wildman–Crippen LogP) is 1.76. The van der Waals surface area contributed by atoms with Gasteiger partial charge in [0.05, 0.1) is 17.3 Å². The van der Waals surface area contributed by atoms with Crippen LogP contribution in [0.3, 0.4) is 0 Å². The fourth-order valence-corrected chi connectivity index (χ4v) is 4.28. The highest BCUT2D eigenvalue weighted by Crippen LogP contribution is 2.27. The van der Waals surface area contributed by atoms with E-state index in [1.807, 2.05) is 24.3 Å². The summed E-state index contributed by atoms with van der Waals surface area (Å²) in [7, 11) is 1.68. The van der Waals surface area contributed by atoms with Gasteiger partial charge >= 0.3 is 0 Å². The van der Waals surface area contributed by atoms with Gasteiger partial charge in [0.2, 0.25) is 5.91 Å². The van der Waals surface area contributed by atoms with Gasteiger partial charge in [-0.1, -0.05) is 23.7 Å². The number of hydrogen-bond acceptors (Lipinski definition) is 8. The molecule has 2 amide bonds. The molecule has 10 nitrogen and oxygen atoms in total. The van der Waals surface area contributed by atoms with Gasteiger partial charge in [-0.25, -0.2) is 5.43 Å². The molecule has 0 aromatic heterocycles. The van der Waals surface area contributed by atoms with Crippen molar-refractivity contribution in [1.82, 2.24) is 15.6 Å². The van der Waals surface area contributed by atoms with Crippen LogP contribution in [0.15, 0.2) is 47.6 Å². The number of benzene rings is 2. The molecule has 0 radical (unpaired) electrons. The molecule has 3 N–H and O–H groups in total. The van der Waals surface area contributed by atoms with Crippen molar-refractivity contribution < 1.29 is 28.9 Å². The van der Waals surface area contributed by atoms with E-state index in [1.165, 1.54) is 5.56 Å². The highest BCUT2D eigenvalue weighted by atomic mass is 35.5. The van der Waals surface area contributed by atoms with Crippen LogP contribution < -0.4 is 20.2 Å². The first-order valence-corrected chi connectivity index (χ1v) is 13.0. The third-order valence-corrected chi connectivity index (χ3v) is 6.65. The maximum atomic E-state index is 12.5. The molecule has 0 spiro atoms. The van der Waals surface area contributed by atoms with Crippen LogP contribution in [-0.2, 0) is 20.7 Å². The Hall–Kier alpha value is -3.18. The van der Waals surface area contributed by atoms with E-state index in [2.05, 4.69) is 15.8 Å². The molecule has 1 saturated heterocycles. The number of ether oxygens (including phenoxy) is 3. The van der Waals surface area contributed by atoms with Crippen LogP contribution in [-0.4, -0.2) is 86.2 Å². The van der Waals surface area contributed by atoms with Gasteiger partial charge in [-0.15, -0.1) is 0 Å². The number of rotatable bonds is 13. The highest BCUT2D eigenvalue weighted by molar-refractivity contribution is 6.32. The molecule has 0 unspecified atom stereocenters. The van der Waals surface area contributed by atoms with Gasteiger partial charge < -0.3 is 29.5 Å². The second kappa shape index (κ2) is 13.6. The molecular formula is C27H33ClN4O6. The monoisotopic (exact) mass is 544 g/mol. The minimum Gasteiger partial charge on any atom is -0.491 e. The van der Waals surface area contributed by atoms with Crippen LogP contribution >= 0.6 is 11.6 Å². The summed E-state index contributed by atoms with van der Waals surface area (Å²) in [6.45, 7) is 2.17. The van der Waals surface area contributed by atoms with Crippen LogP contribution in [0, 0.1) is 0 Å². The number of halogens is 1. The van der Waals surface area contributed by atoms with Crippen molar-refractivity contribution in [3.8, 4) is 11.5 Å². The first-order chi connectivity index (χ1) is 18.4. The van der Waals surface area contributed by atoms with Crippen molar-refractivity contribution in [2.45, 2.75) is 31.4 Å². The largest absolute Gasteiger partial charge is 0.491 e. The third kappa shape index (κ3) is 7.91. The van der Waals surface area contributed by atoms with Crippen molar-refractivity contribution in [1.29, 1.82) is 0 Å². The Labute approximate surface area is 226 Å². The molecule has 1 atom stereocenters. The van der Waals surface area contributed by atoms with E-state index in [0.717, 1.165) is 17.7 Å². The van der Waals surface area contributed by atoms with Gasteiger partial charge in [-0.05, 0) is 47.9 Å². The average molecular weight is 545 g/mol. The molecule has 2 heterocycles. The normalized spacial score (nSPS) is 16.3. The zero-order chi connectivity index (χ0) is 26.9. The van der Waals surface area contributed by atoms with Gasteiger partial charge in [0.1, 0.15) is 24.2 Å². The van der Waals surface area contributed by atoms with Gasteiger partial charge in [-0.2, -0.15) is 5.10 Å². The summed E-state index contributed by atoms with van der Waals surface area (Å²) < 4.78 is 16.4. The van der Waals surface area contributed by atoms with Crippen LogP contribution in [0.4, 0.5) is 0 Å². The number of hydrazone groups is 1. The van der Waals surface area contributed by atoms with Crippen molar-refractivity contribution >= 4 is 29.1 Å². The number of nitrogens with one attached hydrogen (secondary N) is 2. The van der Waals surface area contributed by atoms with Crippen molar-refractivity contribution in [3.63, 3.8) is 0 Å². The third-order valence-electron chi connectivity index (χ3n) is 6.36. The number of nitrogens with zero attached hydrogens (tertiary/aromatic N) is 2. The Morgan fingerprint density at radius 2 is 2.00 bits per heavy atom. The van der Waals surface area contributed by atoms with E-state index in [4.69, 9.17) is 25.8 Å². The van der Waals surface area contributed by atoms with Gasteiger partial charge in [0.25, 0.3) is 5.91 Å². The summed E-state index contributed by atoms with van der Waals surface area (Å²) in [4.78, 5) is 25.4. The molecule has 204 valence electrons. The van der Waals surface area contributed by atoms with Crippen molar-refractivity contribution in [2.24, 2.45) is 5.10 Å². The molecule has 38 heavy (non-hydrogen) atoms. The Balaban J connectivity index is 1.11. The second-order valence-corrected chi connectivity index (χ2v) is 9.69. The number of likely N-dealkylation sites (tertiary alicyclic amines) is 1. The SMILES string of the molecule is COCCc1ccc(OC[C@@H](O)CNC2CN(C(=O)COc3ccc(C4=NNC(=O)CC4)cc3Cl)C2)cc1. The number of aliphatic hydroxyl groups excluding tert-OH is 1. The number of aliphatic hydroxyl groups is 1. The molecule has 2 aliphatic heterocycles. The summed E-state index contributed by atoms with van der Waals surface area (Å²) in [5.41, 5.74) is 5.18. The highest BCUT2D eigenvalue weighted by Gasteiger charge is 2.31. The van der Waals surface area contributed by atoms with Crippen LogP contribution in [0.5, 0.6) is 11.5 Å². The molecule has 11 heteroatoms. The minimum atomic E-state index is -0.669. The molecule has 2 aromatic rings.